The van der Waals surface area contributed by atoms with Crippen LogP contribution in [0.2, 0.25) is 0 Å². The van der Waals surface area contributed by atoms with Crippen LogP contribution in [0.4, 0.5) is 0 Å². The van der Waals surface area contributed by atoms with Gasteiger partial charge in [-0.1, -0.05) is 6.92 Å². The zero-order chi connectivity index (χ0) is 9.80. The summed E-state index contributed by atoms with van der Waals surface area (Å²) in [6.07, 6.45) is 1.98. The van der Waals surface area contributed by atoms with E-state index in [0.29, 0.717) is 0 Å². The third-order valence-electron chi connectivity index (χ3n) is 2.78. The van der Waals surface area contributed by atoms with E-state index in [1.807, 2.05) is 11.7 Å². The van der Waals surface area contributed by atoms with E-state index in [1.54, 1.807) is 11.3 Å². The second-order valence-electron chi connectivity index (χ2n) is 3.68. The minimum Gasteiger partial charge on any atom is -0.301 e. The number of likely N-dealkylation sites (N-methyl/N-ethyl adjacent to an activating group) is 1. The van der Waals surface area contributed by atoms with Crippen molar-refractivity contribution in [3.8, 4) is 0 Å². The van der Waals surface area contributed by atoms with E-state index in [0.717, 1.165) is 6.54 Å². The van der Waals surface area contributed by atoms with Crippen LogP contribution in [-0.2, 0) is 6.54 Å². The summed E-state index contributed by atoms with van der Waals surface area (Å²) in [5.41, 5.74) is 1.91. The molecular formula is C10H17N3S. The van der Waals surface area contributed by atoms with Crippen molar-refractivity contribution in [2.75, 3.05) is 32.7 Å². The molecule has 0 aliphatic carbocycles. The fraction of sp³-hybridized carbons (Fsp3) is 0.700. The van der Waals surface area contributed by atoms with E-state index in [4.69, 9.17) is 0 Å². The molecule has 2 heterocycles. The van der Waals surface area contributed by atoms with Gasteiger partial charge in [0.15, 0.2) is 0 Å². The van der Waals surface area contributed by atoms with Crippen molar-refractivity contribution in [2.24, 2.45) is 0 Å². The number of aromatic nitrogens is 1. The molecule has 78 valence electrons. The van der Waals surface area contributed by atoms with Crippen LogP contribution in [0.15, 0.2) is 11.7 Å². The molecule has 1 saturated heterocycles. The fourth-order valence-electron chi connectivity index (χ4n) is 1.80. The van der Waals surface area contributed by atoms with Crippen LogP contribution in [0, 0.1) is 0 Å². The quantitative estimate of drug-likeness (QED) is 0.751. The van der Waals surface area contributed by atoms with Gasteiger partial charge in [0.1, 0.15) is 0 Å². The smallest absolute Gasteiger partial charge is 0.0794 e. The van der Waals surface area contributed by atoms with Crippen molar-refractivity contribution in [3.63, 3.8) is 0 Å². The van der Waals surface area contributed by atoms with Crippen LogP contribution in [0.5, 0.6) is 0 Å². The Kier molecular flexibility index (Phi) is 3.50. The molecule has 0 radical (unpaired) electrons. The largest absolute Gasteiger partial charge is 0.301 e. The minimum atomic E-state index is 1.09. The fourth-order valence-corrected chi connectivity index (χ4v) is 2.44. The molecule has 0 spiro atoms. The van der Waals surface area contributed by atoms with Crippen LogP contribution < -0.4 is 0 Å². The maximum absolute atomic E-state index is 4.10. The first kappa shape index (κ1) is 10.1. The Hall–Kier alpha value is -0.450. The predicted octanol–water partition coefficient (Wildman–Crippen LogP) is 1.28. The summed E-state index contributed by atoms with van der Waals surface area (Å²) in [4.78, 5) is 10.5. The van der Waals surface area contributed by atoms with E-state index in [-0.39, 0.29) is 0 Å². The molecule has 0 bridgehead atoms. The van der Waals surface area contributed by atoms with Crippen LogP contribution >= 0.6 is 11.3 Å². The first-order valence-electron chi connectivity index (χ1n) is 5.20. The molecule has 0 amide bonds. The molecule has 1 aliphatic rings. The first-order valence-corrected chi connectivity index (χ1v) is 6.08. The van der Waals surface area contributed by atoms with Crippen molar-refractivity contribution in [1.29, 1.82) is 0 Å². The van der Waals surface area contributed by atoms with Gasteiger partial charge >= 0.3 is 0 Å². The molecule has 1 aliphatic heterocycles. The second kappa shape index (κ2) is 4.87. The molecule has 0 saturated carbocycles. The molecule has 0 unspecified atom stereocenters. The van der Waals surface area contributed by atoms with Gasteiger partial charge < -0.3 is 4.90 Å². The third kappa shape index (κ3) is 2.53. The summed E-state index contributed by atoms with van der Waals surface area (Å²) in [5.74, 6) is 0. The molecule has 4 heteroatoms. The SMILES string of the molecule is CCN1CCN(Cc2cncs2)CC1. The van der Waals surface area contributed by atoms with Gasteiger partial charge in [0.2, 0.25) is 0 Å². The van der Waals surface area contributed by atoms with E-state index in [2.05, 4.69) is 21.7 Å². The lowest BCUT2D eigenvalue weighted by Crippen LogP contribution is -2.45. The van der Waals surface area contributed by atoms with Crippen molar-refractivity contribution < 1.29 is 0 Å². The van der Waals surface area contributed by atoms with Crippen LogP contribution in [0.25, 0.3) is 0 Å². The Morgan fingerprint density at radius 3 is 2.57 bits per heavy atom. The normalized spacial score (nSPS) is 20.1. The zero-order valence-corrected chi connectivity index (χ0v) is 9.46. The summed E-state index contributed by atoms with van der Waals surface area (Å²) < 4.78 is 0. The van der Waals surface area contributed by atoms with E-state index < -0.39 is 0 Å². The molecule has 0 N–H and O–H groups in total. The van der Waals surface area contributed by atoms with Crippen LogP contribution in [-0.4, -0.2) is 47.5 Å². The van der Waals surface area contributed by atoms with E-state index in [1.165, 1.54) is 37.6 Å². The molecule has 1 aromatic rings. The van der Waals surface area contributed by atoms with E-state index >= 15 is 0 Å². The molecule has 0 atom stereocenters. The second-order valence-corrected chi connectivity index (χ2v) is 4.65. The Morgan fingerprint density at radius 2 is 2.00 bits per heavy atom. The van der Waals surface area contributed by atoms with Gasteiger partial charge in [0, 0.05) is 43.8 Å². The van der Waals surface area contributed by atoms with Crippen molar-refractivity contribution in [2.45, 2.75) is 13.5 Å². The lowest BCUT2D eigenvalue weighted by molar-refractivity contribution is 0.133. The highest BCUT2D eigenvalue weighted by Crippen LogP contribution is 2.11. The summed E-state index contributed by atoms with van der Waals surface area (Å²) >= 11 is 1.76. The van der Waals surface area contributed by atoms with Gasteiger partial charge in [-0.25, -0.2) is 0 Å². The Labute approximate surface area is 89.4 Å². The maximum atomic E-state index is 4.10. The molecule has 2 rings (SSSR count). The molecule has 0 aromatic carbocycles. The predicted molar refractivity (Wildman–Crippen MR) is 59.5 cm³/mol. The van der Waals surface area contributed by atoms with Gasteiger partial charge in [-0.05, 0) is 6.54 Å². The number of nitrogens with zero attached hydrogens (tertiary/aromatic N) is 3. The van der Waals surface area contributed by atoms with Crippen LogP contribution in [0.1, 0.15) is 11.8 Å². The van der Waals surface area contributed by atoms with Crippen molar-refractivity contribution in [3.05, 3.63) is 16.6 Å². The molecule has 1 fully saturated rings. The molecule has 3 nitrogen and oxygen atoms in total. The van der Waals surface area contributed by atoms with Gasteiger partial charge in [0.25, 0.3) is 0 Å². The Bertz CT molecular complexity index is 252. The highest BCUT2D eigenvalue weighted by atomic mass is 32.1. The highest BCUT2D eigenvalue weighted by Gasteiger charge is 2.15. The zero-order valence-electron chi connectivity index (χ0n) is 8.65. The standard InChI is InChI=1S/C10H17N3S/c1-2-12-3-5-13(6-4-12)8-10-7-11-9-14-10/h7,9H,2-6,8H2,1H3. The van der Waals surface area contributed by atoms with Gasteiger partial charge in [-0.15, -0.1) is 11.3 Å². The summed E-state index contributed by atoms with van der Waals surface area (Å²) in [7, 11) is 0. The van der Waals surface area contributed by atoms with Gasteiger partial charge in [-0.3, -0.25) is 9.88 Å². The average molecular weight is 211 g/mol. The van der Waals surface area contributed by atoms with Crippen molar-refractivity contribution >= 4 is 11.3 Å². The Balaban J connectivity index is 1.79. The lowest BCUT2D eigenvalue weighted by atomic mass is 10.3. The maximum Gasteiger partial charge on any atom is 0.0794 e. The van der Waals surface area contributed by atoms with Gasteiger partial charge in [-0.2, -0.15) is 0 Å². The number of hydrogen-bond donors (Lipinski definition) is 0. The van der Waals surface area contributed by atoms with Crippen LogP contribution in [0.3, 0.4) is 0 Å². The number of rotatable bonds is 3. The lowest BCUT2D eigenvalue weighted by Gasteiger charge is -2.33. The number of thiazole rings is 1. The Morgan fingerprint density at radius 1 is 1.29 bits per heavy atom. The number of piperazine rings is 1. The van der Waals surface area contributed by atoms with Gasteiger partial charge in [0.05, 0.1) is 5.51 Å². The summed E-state index contributed by atoms with van der Waals surface area (Å²) in [6.45, 7) is 9.34. The van der Waals surface area contributed by atoms with E-state index in [9.17, 15) is 0 Å². The summed E-state index contributed by atoms with van der Waals surface area (Å²) in [5, 5.41) is 0. The average Bonchev–Trinajstić information content (AvgIpc) is 2.72. The molecule has 1 aromatic heterocycles. The first-order chi connectivity index (χ1) is 6.88. The summed E-state index contributed by atoms with van der Waals surface area (Å²) in [6, 6.07) is 0. The number of hydrogen-bond acceptors (Lipinski definition) is 4. The molecule has 14 heavy (non-hydrogen) atoms. The van der Waals surface area contributed by atoms with Crippen molar-refractivity contribution in [1.82, 2.24) is 14.8 Å². The minimum absolute atomic E-state index is 1.09. The topological polar surface area (TPSA) is 19.4 Å². The monoisotopic (exact) mass is 211 g/mol. The third-order valence-corrected chi connectivity index (χ3v) is 3.54. The highest BCUT2D eigenvalue weighted by molar-refractivity contribution is 7.09. The molecular weight excluding hydrogens is 194 g/mol.